The van der Waals surface area contributed by atoms with E-state index in [1.165, 1.54) is 0 Å². The van der Waals surface area contributed by atoms with E-state index in [0.717, 1.165) is 0 Å². The molecule has 0 saturated carbocycles. The van der Waals surface area contributed by atoms with Crippen molar-refractivity contribution in [1.29, 1.82) is 0 Å². The molecule has 1 N–H and O–H groups in total. The summed E-state index contributed by atoms with van der Waals surface area (Å²) >= 11 is 0. The Kier molecular flexibility index (Phi) is 4.47. The number of terminal acetylenes is 1. The minimum absolute atomic E-state index is 0.225. The standard InChI is InChI=1S/C7H9NO/c1-3-5-8-6-7(9)4-2/h2-3,8H,1,5-6H2. The fourth-order valence-electron chi connectivity index (χ4n) is 0.339. The summed E-state index contributed by atoms with van der Waals surface area (Å²) in [4.78, 5) is 10.4. The normalized spacial score (nSPS) is 7.89. The second kappa shape index (κ2) is 5.07. The summed E-state index contributed by atoms with van der Waals surface area (Å²) in [5, 5.41) is 2.78. The average molecular weight is 123 g/mol. The summed E-state index contributed by atoms with van der Waals surface area (Å²) in [6.45, 7) is 4.31. The van der Waals surface area contributed by atoms with Crippen molar-refractivity contribution in [2.75, 3.05) is 13.1 Å². The lowest BCUT2D eigenvalue weighted by molar-refractivity contribution is -0.113. The molecule has 0 aromatic rings. The second-order valence-electron chi connectivity index (χ2n) is 1.49. The Morgan fingerprint density at radius 1 is 1.89 bits per heavy atom. The molecule has 48 valence electrons. The van der Waals surface area contributed by atoms with Gasteiger partial charge in [0.25, 0.3) is 0 Å². The van der Waals surface area contributed by atoms with Crippen molar-refractivity contribution in [3.8, 4) is 12.3 Å². The summed E-state index contributed by atoms with van der Waals surface area (Å²) in [7, 11) is 0. The van der Waals surface area contributed by atoms with Gasteiger partial charge >= 0.3 is 0 Å². The maximum absolute atomic E-state index is 10.4. The van der Waals surface area contributed by atoms with Gasteiger partial charge in [-0.25, -0.2) is 0 Å². The molecule has 0 fully saturated rings. The molecule has 2 heteroatoms. The summed E-state index contributed by atoms with van der Waals surface area (Å²) in [5.41, 5.74) is 0. The van der Waals surface area contributed by atoms with E-state index in [9.17, 15) is 4.79 Å². The van der Waals surface area contributed by atoms with E-state index in [2.05, 4.69) is 11.9 Å². The number of rotatable bonds is 4. The molecule has 0 aromatic carbocycles. The zero-order chi connectivity index (χ0) is 7.11. The molecule has 0 spiro atoms. The van der Waals surface area contributed by atoms with Crippen molar-refractivity contribution in [2.24, 2.45) is 0 Å². The number of nitrogens with one attached hydrogen (secondary N) is 1. The number of carbonyl (C=O) groups excluding carboxylic acids is 1. The summed E-state index contributed by atoms with van der Waals surface area (Å²) < 4.78 is 0. The van der Waals surface area contributed by atoms with Gasteiger partial charge in [0.05, 0.1) is 6.54 Å². The van der Waals surface area contributed by atoms with Gasteiger partial charge in [0.2, 0.25) is 5.78 Å². The van der Waals surface area contributed by atoms with Gasteiger partial charge < -0.3 is 5.32 Å². The number of Topliss-reactive ketones (excluding diaryl/α,β-unsaturated/α-hetero) is 1. The van der Waals surface area contributed by atoms with E-state index in [4.69, 9.17) is 6.42 Å². The van der Waals surface area contributed by atoms with Crippen molar-refractivity contribution in [2.45, 2.75) is 0 Å². The number of hydrogen-bond acceptors (Lipinski definition) is 2. The van der Waals surface area contributed by atoms with Gasteiger partial charge in [-0.1, -0.05) is 6.08 Å². The van der Waals surface area contributed by atoms with Gasteiger partial charge in [-0.2, -0.15) is 0 Å². The first-order chi connectivity index (χ1) is 4.31. The highest BCUT2D eigenvalue weighted by Crippen LogP contribution is 1.64. The maximum Gasteiger partial charge on any atom is 0.218 e. The van der Waals surface area contributed by atoms with E-state index in [0.29, 0.717) is 6.54 Å². The summed E-state index contributed by atoms with van der Waals surface area (Å²) in [5.74, 6) is 1.76. The van der Waals surface area contributed by atoms with Crippen LogP contribution in [0.3, 0.4) is 0 Å². The highest BCUT2D eigenvalue weighted by Gasteiger charge is 1.90. The monoisotopic (exact) mass is 123 g/mol. The highest BCUT2D eigenvalue weighted by molar-refractivity contribution is 5.96. The van der Waals surface area contributed by atoms with Crippen molar-refractivity contribution >= 4 is 5.78 Å². The van der Waals surface area contributed by atoms with Crippen LogP contribution < -0.4 is 5.32 Å². The molecule has 9 heavy (non-hydrogen) atoms. The molecule has 0 rings (SSSR count). The predicted molar refractivity (Wildman–Crippen MR) is 36.9 cm³/mol. The zero-order valence-corrected chi connectivity index (χ0v) is 5.18. The first kappa shape index (κ1) is 7.93. The third-order valence-corrected chi connectivity index (χ3v) is 0.735. The quantitative estimate of drug-likeness (QED) is 0.246. The molecule has 0 atom stereocenters. The molecule has 0 aliphatic carbocycles. The van der Waals surface area contributed by atoms with Crippen LogP contribution in [0.15, 0.2) is 12.7 Å². The van der Waals surface area contributed by atoms with Crippen LogP contribution in [0.25, 0.3) is 0 Å². The Bertz CT molecular complexity index is 143. The smallest absolute Gasteiger partial charge is 0.218 e. The Balaban J connectivity index is 3.19. The molecule has 0 amide bonds. The molecule has 0 unspecified atom stereocenters. The number of ketones is 1. The van der Waals surface area contributed by atoms with Crippen molar-refractivity contribution < 1.29 is 4.79 Å². The first-order valence-electron chi connectivity index (χ1n) is 2.62. The van der Waals surface area contributed by atoms with E-state index < -0.39 is 0 Å². The fourth-order valence-corrected chi connectivity index (χ4v) is 0.339. The van der Waals surface area contributed by atoms with Crippen LogP contribution in [0, 0.1) is 12.3 Å². The van der Waals surface area contributed by atoms with Gasteiger partial charge in [-0.15, -0.1) is 13.0 Å². The second-order valence-corrected chi connectivity index (χ2v) is 1.49. The largest absolute Gasteiger partial charge is 0.306 e. The number of hydrogen-bond donors (Lipinski definition) is 1. The van der Waals surface area contributed by atoms with Crippen LogP contribution in [0.4, 0.5) is 0 Å². The van der Waals surface area contributed by atoms with Crippen LogP contribution in [0.1, 0.15) is 0 Å². The van der Waals surface area contributed by atoms with E-state index in [1.54, 1.807) is 6.08 Å². The van der Waals surface area contributed by atoms with Crippen LogP contribution in [0.2, 0.25) is 0 Å². The Labute approximate surface area is 54.9 Å². The van der Waals surface area contributed by atoms with Crippen molar-refractivity contribution in [3.63, 3.8) is 0 Å². The lowest BCUT2D eigenvalue weighted by atomic mass is 10.4. The lowest BCUT2D eigenvalue weighted by Crippen LogP contribution is -2.21. The molecule has 0 aliphatic heterocycles. The molecule has 0 heterocycles. The molecule has 0 radical (unpaired) electrons. The number of carbonyl (C=O) groups is 1. The predicted octanol–water partition coefficient (Wildman–Crippen LogP) is -0.0357. The van der Waals surface area contributed by atoms with Gasteiger partial charge in [-0.05, 0) is 5.92 Å². The fraction of sp³-hybridized carbons (Fsp3) is 0.286. The van der Waals surface area contributed by atoms with E-state index >= 15 is 0 Å². The van der Waals surface area contributed by atoms with Gasteiger partial charge in [0.1, 0.15) is 0 Å². The van der Waals surface area contributed by atoms with Crippen molar-refractivity contribution in [3.05, 3.63) is 12.7 Å². The molecular formula is C7H9NO. The van der Waals surface area contributed by atoms with Crippen LogP contribution in [-0.4, -0.2) is 18.9 Å². The summed E-state index contributed by atoms with van der Waals surface area (Å²) in [6.07, 6.45) is 6.46. The lowest BCUT2D eigenvalue weighted by Gasteiger charge is -1.92. The molecule has 0 saturated heterocycles. The topological polar surface area (TPSA) is 29.1 Å². The van der Waals surface area contributed by atoms with Gasteiger partial charge in [0, 0.05) is 6.54 Å². The Morgan fingerprint density at radius 3 is 3.00 bits per heavy atom. The van der Waals surface area contributed by atoms with Crippen LogP contribution in [-0.2, 0) is 4.79 Å². The highest BCUT2D eigenvalue weighted by atomic mass is 16.1. The minimum Gasteiger partial charge on any atom is -0.306 e. The Morgan fingerprint density at radius 2 is 2.56 bits per heavy atom. The SMILES string of the molecule is C#CC(=O)CNCC=C. The van der Waals surface area contributed by atoms with Crippen molar-refractivity contribution in [1.82, 2.24) is 5.32 Å². The van der Waals surface area contributed by atoms with Gasteiger partial charge in [0.15, 0.2) is 0 Å². The Hall–Kier alpha value is -1.07. The van der Waals surface area contributed by atoms with Crippen LogP contribution in [0.5, 0.6) is 0 Å². The summed E-state index contributed by atoms with van der Waals surface area (Å²) in [6, 6.07) is 0. The zero-order valence-electron chi connectivity index (χ0n) is 5.18. The maximum atomic E-state index is 10.4. The molecule has 0 bridgehead atoms. The molecule has 0 aliphatic rings. The molecule has 2 nitrogen and oxygen atoms in total. The first-order valence-corrected chi connectivity index (χ1v) is 2.62. The third-order valence-electron chi connectivity index (χ3n) is 0.735. The molecule has 0 aromatic heterocycles. The third kappa shape index (κ3) is 4.79. The average Bonchev–Trinajstić information content (AvgIpc) is 1.89. The van der Waals surface area contributed by atoms with Gasteiger partial charge in [-0.3, -0.25) is 4.79 Å². The minimum atomic E-state index is -0.225. The van der Waals surface area contributed by atoms with E-state index in [-0.39, 0.29) is 12.3 Å². The van der Waals surface area contributed by atoms with E-state index in [1.807, 2.05) is 5.92 Å². The van der Waals surface area contributed by atoms with Crippen LogP contribution >= 0.6 is 0 Å². The molecular weight excluding hydrogens is 114 g/mol.